The Morgan fingerprint density at radius 3 is 2.71 bits per heavy atom. The van der Waals surface area contributed by atoms with E-state index in [1.54, 1.807) is 0 Å². The molecule has 0 radical (unpaired) electrons. The van der Waals surface area contributed by atoms with Gasteiger partial charge in [0.05, 0.1) is 0 Å². The molecule has 0 spiro atoms. The molecule has 0 aromatic carbocycles. The van der Waals surface area contributed by atoms with Crippen LogP contribution in [0, 0.1) is 0 Å². The summed E-state index contributed by atoms with van der Waals surface area (Å²) in [7, 11) is 0. The quantitative estimate of drug-likeness (QED) is 0.667. The van der Waals surface area contributed by atoms with E-state index in [1.165, 1.54) is 0 Å². The van der Waals surface area contributed by atoms with Crippen LogP contribution in [0.4, 0.5) is 0 Å². The summed E-state index contributed by atoms with van der Waals surface area (Å²) in [5.74, 6) is -0.138. The normalized spacial score (nSPS) is 23.9. The first kappa shape index (κ1) is 11.5. The zero-order valence-electron chi connectivity index (χ0n) is 9.25. The second-order valence-electron chi connectivity index (χ2n) is 4.69. The minimum atomic E-state index is -0.403. The average Bonchev–Trinajstić information content (AvgIpc) is 2.47. The first-order valence-corrected chi connectivity index (χ1v) is 5.11. The van der Waals surface area contributed by atoms with Gasteiger partial charge in [0.25, 0.3) is 0 Å². The van der Waals surface area contributed by atoms with Crippen molar-refractivity contribution in [2.45, 2.75) is 45.3 Å². The molecule has 1 rings (SSSR count). The number of likely N-dealkylation sites (tertiary alicyclic amines) is 1. The smallest absolute Gasteiger partial charge is 0.323 e. The van der Waals surface area contributed by atoms with Gasteiger partial charge in [-0.2, -0.15) is 0 Å². The fourth-order valence-corrected chi connectivity index (χ4v) is 1.68. The van der Waals surface area contributed by atoms with Crippen LogP contribution in [-0.4, -0.2) is 35.7 Å². The van der Waals surface area contributed by atoms with E-state index < -0.39 is 5.60 Å². The lowest BCUT2D eigenvalue weighted by Crippen LogP contribution is -2.42. The maximum absolute atomic E-state index is 11.7. The largest absolute Gasteiger partial charge is 0.459 e. The second kappa shape index (κ2) is 4.28. The third-order valence-corrected chi connectivity index (χ3v) is 2.28. The molecule has 2 N–H and O–H groups in total. The van der Waals surface area contributed by atoms with Crippen molar-refractivity contribution >= 4 is 5.97 Å². The third-order valence-electron chi connectivity index (χ3n) is 2.28. The minimum Gasteiger partial charge on any atom is -0.459 e. The van der Waals surface area contributed by atoms with Gasteiger partial charge in [0.1, 0.15) is 11.6 Å². The van der Waals surface area contributed by atoms with E-state index in [9.17, 15) is 4.79 Å². The monoisotopic (exact) mass is 200 g/mol. The van der Waals surface area contributed by atoms with Crippen molar-refractivity contribution in [3.05, 3.63) is 0 Å². The number of carbonyl (C=O) groups is 1. The zero-order chi connectivity index (χ0) is 10.8. The molecule has 0 amide bonds. The number of nitrogens with zero attached hydrogens (tertiary/aromatic N) is 1. The Bertz CT molecular complexity index is 211. The van der Waals surface area contributed by atoms with Crippen LogP contribution in [0.2, 0.25) is 0 Å². The highest BCUT2D eigenvalue weighted by molar-refractivity contribution is 5.76. The van der Waals surface area contributed by atoms with Gasteiger partial charge in [0, 0.05) is 13.2 Å². The predicted molar refractivity (Wildman–Crippen MR) is 54.6 cm³/mol. The number of hydrogen-bond donors (Lipinski definition) is 1. The van der Waals surface area contributed by atoms with E-state index in [1.807, 2.05) is 25.7 Å². The molecule has 1 heterocycles. The van der Waals surface area contributed by atoms with Crippen LogP contribution in [0.25, 0.3) is 0 Å². The van der Waals surface area contributed by atoms with Crippen molar-refractivity contribution in [2.75, 3.05) is 13.2 Å². The highest BCUT2D eigenvalue weighted by Crippen LogP contribution is 2.19. The van der Waals surface area contributed by atoms with Gasteiger partial charge in [0.2, 0.25) is 0 Å². The second-order valence-corrected chi connectivity index (χ2v) is 4.69. The predicted octanol–water partition coefficient (Wildman–Crippen LogP) is 0.709. The summed E-state index contributed by atoms with van der Waals surface area (Å²) in [6.07, 6.45) is 1.90. The van der Waals surface area contributed by atoms with Gasteiger partial charge in [-0.1, -0.05) is 0 Å². The number of hydrogen-bond acceptors (Lipinski definition) is 4. The van der Waals surface area contributed by atoms with Crippen molar-refractivity contribution in [3.8, 4) is 0 Å². The van der Waals surface area contributed by atoms with Crippen LogP contribution >= 0.6 is 0 Å². The molecule has 1 atom stereocenters. The first-order valence-electron chi connectivity index (χ1n) is 5.11. The summed E-state index contributed by atoms with van der Waals surface area (Å²) in [5.41, 5.74) is 5.14. The molecule has 1 fully saturated rings. The molecular formula is C10H20N2O2. The number of esters is 1. The minimum absolute atomic E-state index is 0.126. The average molecular weight is 200 g/mol. The number of carbonyl (C=O) groups excluding carboxylic acids is 1. The lowest BCUT2D eigenvalue weighted by atomic mass is 10.1. The summed E-state index contributed by atoms with van der Waals surface area (Å²) in [6.45, 7) is 6.98. The highest BCUT2D eigenvalue weighted by Gasteiger charge is 2.33. The molecule has 0 unspecified atom stereocenters. The molecule has 0 aliphatic carbocycles. The third kappa shape index (κ3) is 2.96. The van der Waals surface area contributed by atoms with E-state index >= 15 is 0 Å². The van der Waals surface area contributed by atoms with Crippen LogP contribution in [0.1, 0.15) is 33.6 Å². The molecular weight excluding hydrogens is 180 g/mol. The maximum atomic E-state index is 11.7. The molecule has 0 saturated carbocycles. The molecule has 0 aromatic rings. The molecule has 4 heteroatoms. The number of nitrogens with two attached hydrogens (primary N) is 1. The molecule has 82 valence electrons. The van der Waals surface area contributed by atoms with Gasteiger partial charge in [-0.05, 0) is 33.6 Å². The van der Waals surface area contributed by atoms with E-state index in [0.717, 1.165) is 19.4 Å². The lowest BCUT2D eigenvalue weighted by Gasteiger charge is -2.26. The molecule has 1 aliphatic heterocycles. The van der Waals surface area contributed by atoms with Crippen molar-refractivity contribution in [3.63, 3.8) is 0 Å². The van der Waals surface area contributed by atoms with Crippen LogP contribution in [0.15, 0.2) is 0 Å². The van der Waals surface area contributed by atoms with Crippen LogP contribution in [0.5, 0.6) is 0 Å². The Hall–Kier alpha value is -0.610. The van der Waals surface area contributed by atoms with Crippen LogP contribution in [-0.2, 0) is 9.53 Å². The lowest BCUT2D eigenvalue weighted by molar-refractivity contribution is -0.160. The summed E-state index contributed by atoms with van der Waals surface area (Å²) >= 11 is 0. The Balaban J connectivity index is 2.52. The molecule has 0 aromatic heterocycles. The van der Waals surface area contributed by atoms with Crippen molar-refractivity contribution in [1.82, 2.24) is 4.90 Å². The molecule has 14 heavy (non-hydrogen) atoms. The van der Waals surface area contributed by atoms with E-state index in [2.05, 4.69) is 0 Å². The SMILES string of the molecule is CC(C)(C)OC(=O)[C@@H]1CCCN1CN. The number of rotatable bonds is 2. The van der Waals surface area contributed by atoms with Gasteiger partial charge in [-0.25, -0.2) is 0 Å². The van der Waals surface area contributed by atoms with Crippen LogP contribution < -0.4 is 5.73 Å². The fraction of sp³-hybridized carbons (Fsp3) is 0.900. The van der Waals surface area contributed by atoms with E-state index in [-0.39, 0.29) is 12.0 Å². The zero-order valence-corrected chi connectivity index (χ0v) is 9.25. The maximum Gasteiger partial charge on any atom is 0.323 e. The van der Waals surface area contributed by atoms with Gasteiger partial charge < -0.3 is 10.5 Å². The molecule has 1 saturated heterocycles. The Kier molecular flexibility index (Phi) is 3.50. The van der Waals surface area contributed by atoms with Crippen LogP contribution in [0.3, 0.4) is 0 Å². The van der Waals surface area contributed by atoms with Gasteiger partial charge in [-0.15, -0.1) is 0 Å². The summed E-state index contributed by atoms with van der Waals surface area (Å²) in [6, 6.07) is -0.126. The Morgan fingerprint density at radius 1 is 1.57 bits per heavy atom. The Morgan fingerprint density at radius 2 is 2.21 bits per heavy atom. The summed E-state index contributed by atoms with van der Waals surface area (Å²) in [4.78, 5) is 13.7. The fourth-order valence-electron chi connectivity index (χ4n) is 1.68. The first-order chi connectivity index (χ1) is 6.44. The van der Waals surface area contributed by atoms with Gasteiger partial charge in [-0.3, -0.25) is 9.69 Å². The Labute approximate surface area is 85.4 Å². The van der Waals surface area contributed by atoms with Crippen molar-refractivity contribution in [1.29, 1.82) is 0 Å². The highest BCUT2D eigenvalue weighted by atomic mass is 16.6. The molecule has 1 aliphatic rings. The van der Waals surface area contributed by atoms with Gasteiger partial charge >= 0.3 is 5.97 Å². The molecule has 4 nitrogen and oxygen atoms in total. The van der Waals surface area contributed by atoms with Crippen molar-refractivity contribution in [2.24, 2.45) is 5.73 Å². The standard InChI is InChI=1S/C10H20N2O2/c1-10(2,3)14-9(13)8-5-4-6-12(8)7-11/h8H,4-7,11H2,1-3H3/t8-/m0/s1. The summed E-state index contributed by atoms with van der Waals surface area (Å²) < 4.78 is 5.32. The summed E-state index contributed by atoms with van der Waals surface area (Å²) in [5, 5.41) is 0. The van der Waals surface area contributed by atoms with Crippen molar-refractivity contribution < 1.29 is 9.53 Å². The number of ether oxygens (including phenoxy) is 1. The topological polar surface area (TPSA) is 55.6 Å². The van der Waals surface area contributed by atoms with E-state index in [4.69, 9.17) is 10.5 Å². The van der Waals surface area contributed by atoms with Gasteiger partial charge in [0.15, 0.2) is 0 Å². The molecule has 0 bridgehead atoms. The van der Waals surface area contributed by atoms with E-state index in [0.29, 0.717) is 6.67 Å².